The molecule has 0 aliphatic carbocycles. The van der Waals surface area contributed by atoms with Crippen molar-refractivity contribution in [1.82, 2.24) is 4.98 Å². The fourth-order valence-electron chi connectivity index (χ4n) is 1.89. The first-order chi connectivity index (χ1) is 9.65. The molecule has 4 nitrogen and oxygen atoms in total. The van der Waals surface area contributed by atoms with Gasteiger partial charge in [0.15, 0.2) is 0 Å². The van der Waals surface area contributed by atoms with E-state index in [1.807, 2.05) is 28.3 Å². The Morgan fingerprint density at radius 3 is 2.75 bits per heavy atom. The van der Waals surface area contributed by atoms with Crippen LogP contribution < -0.4 is 0 Å². The van der Waals surface area contributed by atoms with Gasteiger partial charge in [0.05, 0.1) is 10.6 Å². The highest BCUT2D eigenvalue weighted by atomic mass is 32.1. The Kier molecular flexibility index (Phi) is 3.33. The molecule has 0 saturated heterocycles. The first-order valence-electron chi connectivity index (χ1n) is 5.88. The normalized spacial score (nSPS) is 10.7. The smallest absolute Gasteiger partial charge is 0.258 e. The molecule has 0 spiro atoms. The number of thiophene rings is 1. The predicted octanol–water partition coefficient (Wildman–Crippen LogP) is 4.76. The van der Waals surface area contributed by atoms with Crippen LogP contribution in [-0.4, -0.2) is 9.91 Å². The lowest BCUT2D eigenvalue weighted by atomic mass is 10.1. The van der Waals surface area contributed by atoms with Crippen LogP contribution in [0.4, 0.5) is 5.69 Å². The molecule has 3 rings (SSSR count). The van der Waals surface area contributed by atoms with E-state index < -0.39 is 0 Å². The Balaban J connectivity index is 2.02. The summed E-state index contributed by atoms with van der Waals surface area (Å²) in [5, 5.41) is 17.9. The summed E-state index contributed by atoms with van der Waals surface area (Å²) in [5.41, 5.74) is 3.44. The highest BCUT2D eigenvalue weighted by molar-refractivity contribution is 7.14. The lowest BCUT2D eigenvalue weighted by Crippen LogP contribution is -1.92. The lowest BCUT2D eigenvalue weighted by Gasteiger charge is -2.00. The van der Waals surface area contributed by atoms with Crippen LogP contribution in [-0.2, 0) is 0 Å². The van der Waals surface area contributed by atoms with Crippen LogP contribution in [0.5, 0.6) is 0 Å². The molecule has 0 fully saturated rings. The number of nitro benzene ring substituents is 1. The number of aryl methyl sites for hydroxylation is 1. The zero-order chi connectivity index (χ0) is 14.1. The molecule has 1 aromatic carbocycles. The monoisotopic (exact) mass is 302 g/mol. The lowest BCUT2D eigenvalue weighted by molar-refractivity contribution is -0.385. The maximum absolute atomic E-state index is 11.0. The summed E-state index contributed by atoms with van der Waals surface area (Å²) in [5.74, 6) is 0. The minimum atomic E-state index is -0.356. The summed E-state index contributed by atoms with van der Waals surface area (Å²) in [6.07, 6.45) is 0. The second-order valence-electron chi connectivity index (χ2n) is 4.31. The first-order valence-corrected chi connectivity index (χ1v) is 7.71. The second kappa shape index (κ2) is 5.15. The van der Waals surface area contributed by atoms with Gasteiger partial charge in [0.2, 0.25) is 0 Å². The van der Waals surface area contributed by atoms with Crippen LogP contribution in [0.2, 0.25) is 0 Å². The van der Waals surface area contributed by atoms with Gasteiger partial charge in [-0.25, -0.2) is 4.98 Å². The zero-order valence-corrected chi connectivity index (χ0v) is 12.2. The van der Waals surface area contributed by atoms with E-state index in [0.29, 0.717) is 5.56 Å². The molecule has 0 N–H and O–H groups in total. The van der Waals surface area contributed by atoms with Crippen molar-refractivity contribution in [2.24, 2.45) is 0 Å². The van der Waals surface area contributed by atoms with Crippen LogP contribution in [0.1, 0.15) is 5.56 Å². The zero-order valence-electron chi connectivity index (χ0n) is 10.6. The highest BCUT2D eigenvalue weighted by Gasteiger charge is 2.14. The molecule has 0 aliphatic rings. The largest absolute Gasteiger partial charge is 0.272 e. The Morgan fingerprint density at radius 1 is 1.20 bits per heavy atom. The molecule has 0 saturated carbocycles. The van der Waals surface area contributed by atoms with E-state index in [4.69, 9.17) is 0 Å². The Labute approximate surface area is 123 Å². The maximum Gasteiger partial charge on any atom is 0.272 e. The molecule has 2 heterocycles. The van der Waals surface area contributed by atoms with Gasteiger partial charge < -0.3 is 0 Å². The fraction of sp³-hybridized carbons (Fsp3) is 0.0714. The van der Waals surface area contributed by atoms with Crippen molar-refractivity contribution in [2.75, 3.05) is 0 Å². The Morgan fingerprint density at radius 2 is 2.05 bits per heavy atom. The minimum absolute atomic E-state index is 0.132. The summed E-state index contributed by atoms with van der Waals surface area (Å²) < 4.78 is 0. The van der Waals surface area contributed by atoms with Crippen molar-refractivity contribution in [3.05, 3.63) is 56.1 Å². The van der Waals surface area contributed by atoms with Crippen molar-refractivity contribution in [3.8, 4) is 21.8 Å². The first kappa shape index (κ1) is 13.0. The minimum Gasteiger partial charge on any atom is -0.258 e. The molecule has 0 unspecified atom stereocenters. The van der Waals surface area contributed by atoms with E-state index in [1.54, 1.807) is 41.7 Å². The summed E-state index contributed by atoms with van der Waals surface area (Å²) in [6, 6.07) is 7.23. The van der Waals surface area contributed by atoms with E-state index >= 15 is 0 Å². The van der Waals surface area contributed by atoms with E-state index in [-0.39, 0.29) is 10.6 Å². The number of thiazole rings is 1. The van der Waals surface area contributed by atoms with Crippen molar-refractivity contribution >= 4 is 28.4 Å². The number of hydrogen-bond acceptors (Lipinski definition) is 5. The van der Waals surface area contributed by atoms with E-state index in [0.717, 1.165) is 21.8 Å². The quantitative estimate of drug-likeness (QED) is 0.518. The number of hydrogen-bond donors (Lipinski definition) is 0. The number of nitro groups is 1. The maximum atomic E-state index is 11.0. The average molecular weight is 302 g/mol. The number of rotatable bonds is 3. The van der Waals surface area contributed by atoms with Gasteiger partial charge >= 0.3 is 0 Å². The second-order valence-corrected chi connectivity index (χ2v) is 5.95. The third kappa shape index (κ3) is 2.35. The van der Waals surface area contributed by atoms with Gasteiger partial charge in [0.25, 0.3) is 5.69 Å². The molecule has 20 heavy (non-hydrogen) atoms. The predicted molar refractivity (Wildman–Crippen MR) is 82.3 cm³/mol. The molecule has 6 heteroatoms. The van der Waals surface area contributed by atoms with Gasteiger partial charge in [-0.2, -0.15) is 11.3 Å². The van der Waals surface area contributed by atoms with Crippen LogP contribution in [0.25, 0.3) is 21.8 Å². The SMILES string of the molecule is Cc1ccc(-c2csc(-c3ccsc3)n2)cc1[N+](=O)[O-]. The van der Waals surface area contributed by atoms with Crippen LogP contribution in [0.15, 0.2) is 40.4 Å². The summed E-state index contributed by atoms with van der Waals surface area (Å²) >= 11 is 3.17. The van der Waals surface area contributed by atoms with Crippen molar-refractivity contribution < 1.29 is 4.92 Å². The number of nitrogens with zero attached hydrogens (tertiary/aromatic N) is 2. The third-order valence-corrected chi connectivity index (χ3v) is 4.55. The molecular formula is C14H10N2O2S2. The van der Waals surface area contributed by atoms with Crippen molar-refractivity contribution in [2.45, 2.75) is 6.92 Å². The number of benzene rings is 1. The highest BCUT2D eigenvalue weighted by Crippen LogP contribution is 2.32. The summed E-state index contributed by atoms with van der Waals surface area (Å²) in [7, 11) is 0. The molecule has 0 bridgehead atoms. The van der Waals surface area contributed by atoms with E-state index in [9.17, 15) is 10.1 Å². The third-order valence-electron chi connectivity index (χ3n) is 2.97. The van der Waals surface area contributed by atoms with Crippen molar-refractivity contribution in [3.63, 3.8) is 0 Å². The summed E-state index contributed by atoms with van der Waals surface area (Å²) in [4.78, 5) is 15.2. The molecule has 100 valence electrons. The van der Waals surface area contributed by atoms with E-state index in [1.165, 1.54) is 0 Å². The summed E-state index contributed by atoms with van der Waals surface area (Å²) in [6.45, 7) is 1.74. The standard InChI is InChI=1S/C14H10N2O2S2/c1-9-2-3-10(6-13(9)16(17)18)12-8-20-14(15-12)11-4-5-19-7-11/h2-8H,1H3. The van der Waals surface area contributed by atoms with Gasteiger partial charge in [-0.1, -0.05) is 12.1 Å². The Hall–Kier alpha value is -2.05. The van der Waals surface area contributed by atoms with Gasteiger partial charge in [-0.3, -0.25) is 10.1 Å². The van der Waals surface area contributed by atoms with Crippen molar-refractivity contribution in [1.29, 1.82) is 0 Å². The van der Waals surface area contributed by atoms with E-state index in [2.05, 4.69) is 4.98 Å². The van der Waals surface area contributed by atoms with Gasteiger partial charge in [0, 0.05) is 33.5 Å². The topological polar surface area (TPSA) is 56.0 Å². The molecule has 0 amide bonds. The Bertz CT molecular complexity index is 763. The molecule has 3 aromatic rings. The van der Waals surface area contributed by atoms with Gasteiger partial charge in [-0.05, 0) is 18.4 Å². The molecule has 0 atom stereocenters. The number of aromatic nitrogens is 1. The van der Waals surface area contributed by atoms with Gasteiger partial charge in [0.1, 0.15) is 5.01 Å². The molecule has 0 aliphatic heterocycles. The van der Waals surface area contributed by atoms with Gasteiger partial charge in [-0.15, -0.1) is 11.3 Å². The fourth-order valence-corrected chi connectivity index (χ4v) is 3.43. The molecule has 2 aromatic heterocycles. The van der Waals surface area contributed by atoms with Crippen LogP contribution in [0, 0.1) is 17.0 Å². The molecular weight excluding hydrogens is 292 g/mol. The molecule has 0 radical (unpaired) electrons. The average Bonchev–Trinajstić information content (AvgIpc) is 3.09. The van der Waals surface area contributed by atoms with Crippen LogP contribution in [0.3, 0.4) is 0 Å². The van der Waals surface area contributed by atoms with Crippen LogP contribution >= 0.6 is 22.7 Å².